The third-order valence-electron chi connectivity index (χ3n) is 2.70. The Morgan fingerprint density at radius 1 is 1.35 bits per heavy atom. The number of fused-ring (bicyclic) bond motifs is 1. The van der Waals surface area contributed by atoms with Crippen molar-refractivity contribution in [1.82, 2.24) is 15.4 Å². The summed E-state index contributed by atoms with van der Waals surface area (Å²) in [7, 11) is 0. The predicted molar refractivity (Wildman–Crippen MR) is 66.6 cm³/mol. The molecular formula is C12H12N4O. The molecule has 2 aromatic rings. The molecule has 0 aliphatic carbocycles. The molecule has 0 saturated heterocycles. The van der Waals surface area contributed by atoms with Crippen LogP contribution in [-0.4, -0.2) is 16.0 Å². The van der Waals surface area contributed by atoms with Crippen LogP contribution < -0.4 is 16.0 Å². The molecule has 1 aliphatic heterocycles. The molecule has 0 radical (unpaired) electrons. The fourth-order valence-electron chi connectivity index (χ4n) is 1.84. The summed E-state index contributed by atoms with van der Waals surface area (Å²) in [5.74, 6) is 0.509. The first-order valence-electron chi connectivity index (χ1n) is 5.47. The van der Waals surface area contributed by atoms with Crippen molar-refractivity contribution in [2.24, 2.45) is 0 Å². The van der Waals surface area contributed by atoms with Crippen LogP contribution in [-0.2, 0) is 0 Å². The van der Waals surface area contributed by atoms with Crippen molar-refractivity contribution in [3.05, 3.63) is 46.9 Å². The molecule has 3 rings (SSSR count). The van der Waals surface area contributed by atoms with Crippen molar-refractivity contribution < 1.29 is 0 Å². The monoisotopic (exact) mass is 228 g/mol. The first-order valence-corrected chi connectivity index (χ1v) is 5.47. The Kier molecular flexibility index (Phi) is 2.19. The molecule has 1 aromatic heterocycles. The highest BCUT2D eigenvalue weighted by Crippen LogP contribution is 2.13. The minimum Gasteiger partial charge on any atom is -0.291 e. The molecule has 1 unspecified atom stereocenters. The van der Waals surface area contributed by atoms with E-state index in [9.17, 15) is 4.79 Å². The van der Waals surface area contributed by atoms with E-state index >= 15 is 0 Å². The molecule has 0 saturated carbocycles. The Hall–Kier alpha value is -2.14. The second-order valence-electron chi connectivity index (χ2n) is 4.04. The largest absolute Gasteiger partial charge is 0.291 e. The van der Waals surface area contributed by atoms with E-state index in [-0.39, 0.29) is 11.6 Å². The molecule has 0 spiro atoms. The van der Waals surface area contributed by atoms with Crippen LogP contribution in [0.4, 0.5) is 5.95 Å². The number of rotatable bonds is 1. The molecule has 2 heterocycles. The van der Waals surface area contributed by atoms with Gasteiger partial charge >= 0.3 is 0 Å². The number of nitrogens with zero attached hydrogens (tertiary/aromatic N) is 2. The summed E-state index contributed by atoms with van der Waals surface area (Å²) in [6, 6.07) is 7.54. The SMILES string of the molecule is CC1C=CN(c2nc3ccccc3c(=O)[nH]2)N1. The molecule has 0 amide bonds. The zero-order valence-corrected chi connectivity index (χ0v) is 9.34. The molecule has 0 bridgehead atoms. The lowest BCUT2D eigenvalue weighted by Crippen LogP contribution is -2.35. The number of nitrogens with one attached hydrogen (secondary N) is 2. The van der Waals surface area contributed by atoms with Gasteiger partial charge in [0.2, 0.25) is 5.95 Å². The number of hydrogen-bond donors (Lipinski definition) is 2. The molecule has 17 heavy (non-hydrogen) atoms. The molecule has 86 valence electrons. The Labute approximate surface area is 97.8 Å². The Bertz CT molecular complexity index is 646. The minimum absolute atomic E-state index is 0.125. The summed E-state index contributed by atoms with van der Waals surface area (Å²) in [5, 5.41) is 2.32. The number of para-hydroxylation sites is 1. The summed E-state index contributed by atoms with van der Waals surface area (Å²) in [6.07, 6.45) is 3.85. The highest BCUT2D eigenvalue weighted by Gasteiger charge is 2.14. The van der Waals surface area contributed by atoms with Crippen molar-refractivity contribution >= 4 is 16.9 Å². The zero-order chi connectivity index (χ0) is 11.8. The normalized spacial score (nSPS) is 19.1. The highest BCUT2D eigenvalue weighted by atomic mass is 16.1. The van der Waals surface area contributed by atoms with Gasteiger partial charge in [-0.05, 0) is 25.1 Å². The van der Waals surface area contributed by atoms with Crippen LogP contribution in [0.25, 0.3) is 10.9 Å². The standard InChI is InChI=1S/C12H12N4O/c1-8-6-7-16(15-8)12-13-10-5-3-2-4-9(10)11(17)14-12/h2-8,15H,1H3,(H,13,14,17). The fraction of sp³-hybridized carbons (Fsp3) is 0.167. The van der Waals surface area contributed by atoms with Crippen molar-refractivity contribution in [3.63, 3.8) is 0 Å². The van der Waals surface area contributed by atoms with Gasteiger partial charge in [0, 0.05) is 12.2 Å². The molecule has 2 N–H and O–H groups in total. The number of H-pyrrole nitrogens is 1. The summed E-state index contributed by atoms with van der Waals surface area (Å²) in [5.41, 5.74) is 3.72. The van der Waals surface area contributed by atoms with E-state index < -0.39 is 0 Å². The Morgan fingerprint density at radius 2 is 2.18 bits per heavy atom. The van der Waals surface area contributed by atoms with E-state index in [0.717, 1.165) is 0 Å². The van der Waals surface area contributed by atoms with E-state index in [4.69, 9.17) is 0 Å². The van der Waals surface area contributed by atoms with Crippen LogP contribution in [0.2, 0.25) is 0 Å². The topological polar surface area (TPSA) is 61.0 Å². The second kappa shape index (κ2) is 3.71. The predicted octanol–water partition coefficient (Wildman–Crippen LogP) is 1.15. The number of aromatic amines is 1. The number of aromatic nitrogens is 2. The quantitative estimate of drug-likeness (QED) is 0.768. The van der Waals surface area contributed by atoms with Crippen molar-refractivity contribution in [3.8, 4) is 0 Å². The molecule has 1 aliphatic rings. The van der Waals surface area contributed by atoms with Gasteiger partial charge in [-0.3, -0.25) is 14.8 Å². The first kappa shape index (κ1) is 10.0. The Morgan fingerprint density at radius 3 is 2.94 bits per heavy atom. The van der Waals surface area contributed by atoms with Gasteiger partial charge in [0.15, 0.2) is 0 Å². The lowest BCUT2D eigenvalue weighted by Gasteiger charge is -2.16. The van der Waals surface area contributed by atoms with Crippen molar-refractivity contribution in [2.45, 2.75) is 13.0 Å². The minimum atomic E-state index is -0.125. The molecule has 5 heteroatoms. The maximum absolute atomic E-state index is 11.9. The van der Waals surface area contributed by atoms with E-state index in [0.29, 0.717) is 16.9 Å². The van der Waals surface area contributed by atoms with Crippen LogP contribution in [0.15, 0.2) is 41.3 Å². The van der Waals surface area contributed by atoms with Crippen LogP contribution >= 0.6 is 0 Å². The summed E-state index contributed by atoms with van der Waals surface area (Å²) >= 11 is 0. The van der Waals surface area contributed by atoms with Crippen molar-refractivity contribution in [1.29, 1.82) is 0 Å². The van der Waals surface area contributed by atoms with Crippen LogP contribution in [0.5, 0.6) is 0 Å². The van der Waals surface area contributed by atoms with Gasteiger partial charge in [-0.15, -0.1) is 0 Å². The van der Waals surface area contributed by atoms with Gasteiger partial charge < -0.3 is 0 Å². The average Bonchev–Trinajstić information content (AvgIpc) is 2.76. The second-order valence-corrected chi connectivity index (χ2v) is 4.04. The van der Waals surface area contributed by atoms with Gasteiger partial charge in [-0.1, -0.05) is 12.1 Å². The van der Waals surface area contributed by atoms with E-state index in [1.807, 2.05) is 37.4 Å². The summed E-state index contributed by atoms with van der Waals surface area (Å²) < 4.78 is 0. The smallest absolute Gasteiger partial charge is 0.260 e. The first-order chi connectivity index (χ1) is 8.24. The van der Waals surface area contributed by atoms with Crippen LogP contribution in [0, 0.1) is 0 Å². The number of hydrogen-bond acceptors (Lipinski definition) is 4. The van der Waals surface area contributed by atoms with Crippen LogP contribution in [0.1, 0.15) is 6.92 Å². The van der Waals surface area contributed by atoms with E-state index in [1.54, 1.807) is 11.1 Å². The van der Waals surface area contributed by atoms with Gasteiger partial charge in [0.1, 0.15) is 0 Å². The van der Waals surface area contributed by atoms with Gasteiger partial charge in [-0.2, -0.15) is 0 Å². The summed E-state index contributed by atoms with van der Waals surface area (Å²) in [6.45, 7) is 2.02. The number of hydrazine groups is 1. The average molecular weight is 228 g/mol. The third-order valence-corrected chi connectivity index (χ3v) is 2.70. The highest BCUT2D eigenvalue weighted by molar-refractivity contribution is 5.78. The van der Waals surface area contributed by atoms with Crippen LogP contribution in [0.3, 0.4) is 0 Å². The molecule has 1 aromatic carbocycles. The maximum atomic E-state index is 11.9. The van der Waals surface area contributed by atoms with E-state index in [2.05, 4.69) is 15.4 Å². The Balaban J connectivity index is 2.13. The zero-order valence-electron chi connectivity index (χ0n) is 9.34. The third kappa shape index (κ3) is 1.70. The molecule has 1 atom stereocenters. The number of anilines is 1. The molecular weight excluding hydrogens is 216 g/mol. The van der Waals surface area contributed by atoms with Gasteiger partial charge in [0.05, 0.1) is 10.9 Å². The number of benzene rings is 1. The van der Waals surface area contributed by atoms with Gasteiger partial charge in [-0.25, -0.2) is 10.4 Å². The lowest BCUT2D eigenvalue weighted by atomic mass is 10.2. The van der Waals surface area contributed by atoms with Gasteiger partial charge in [0.25, 0.3) is 5.56 Å². The fourth-order valence-corrected chi connectivity index (χ4v) is 1.84. The molecule has 0 fully saturated rings. The summed E-state index contributed by atoms with van der Waals surface area (Å²) in [4.78, 5) is 19.0. The van der Waals surface area contributed by atoms with E-state index in [1.165, 1.54) is 0 Å². The lowest BCUT2D eigenvalue weighted by molar-refractivity contribution is 0.669. The van der Waals surface area contributed by atoms with Crippen molar-refractivity contribution in [2.75, 3.05) is 5.01 Å². The maximum Gasteiger partial charge on any atom is 0.260 e. The molecule has 5 nitrogen and oxygen atoms in total.